The largest absolute Gasteiger partial charge is 0.319 e. The predicted molar refractivity (Wildman–Crippen MR) is 96.7 cm³/mol. The van der Waals surface area contributed by atoms with Gasteiger partial charge in [-0.05, 0) is 24.6 Å². The lowest BCUT2D eigenvalue weighted by atomic mass is 10.2. The van der Waals surface area contributed by atoms with Gasteiger partial charge in [0.1, 0.15) is 6.54 Å². The zero-order valence-corrected chi connectivity index (χ0v) is 15.0. The van der Waals surface area contributed by atoms with E-state index in [0.29, 0.717) is 22.1 Å². The van der Waals surface area contributed by atoms with Crippen molar-refractivity contribution >= 4 is 28.8 Å². The maximum absolute atomic E-state index is 12.2. The van der Waals surface area contributed by atoms with Crippen LogP contribution >= 0.6 is 22.9 Å². The van der Waals surface area contributed by atoms with Gasteiger partial charge in [0.05, 0.1) is 12.2 Å². The summed E-state index contributed by atoms with van der Waals surface area (Å²) >= 11 is 7.53. The maximum Gasteiger partial charge on any atom is 0.270 e. The molecular weight excluding hydrogens is 360 g/mol. The van der Waals surface area contributed by atoms with Crippen LogP contribution in [0.15, 0.2) is 57.8 Å². The number of aromatic nitrogens is 3. The van der Waals surface area contributed by atoms with Crippen molar-refractivity contribution in [1.29, 1.82) is 0 Å². The lowest BCUT2D eigenvalue weighted by molar-refractivity contribution is -0.118. The standard InChI is InChI=1S/C17H15ClN4O2S/c1-12-6-7-16(24)22(20-12)11-15(23)19-17-21(8-9-25-17)10-13-4-2-3-5-14(13)18/h2-9H,10-11H2,1H3. The van der Waals surface area contributed by atoms with E-state index in [1.165, 1.54) is 17.4 Å². The molecule has 0 saturated carbocycles. The minimum Gasteiger partial charge on any atom is -0.319 e. The summed E-state index contributed by atoms with van der Waals surface area (Å²) in [6.07, 6.45) is 1.84. The summed E-state index contributed by atoms with van der Waals surface area (Å²) in [5, 5.41) is 6.55. The summed E-state index contributed by atoms with van der Waals surface area (Å²) in [4.78, 5) is 28.6. The summed E-state index contributed by atoms with van der Waals surface area (Å²) in [5.41, 5.74) is 1.27. The van der Waals surface area contributed by atoms with Crippen LogP contribution in [0.3, 0.4) is 0 Å². The minimum atomic E-state index is -0.435. The third kappa shape index (κ3) is 4.32. The fraction of sp³-hybridized carbons (Fsp3) is 0.176. The van der Waals surface area contributed by atoms with Crippen LogP contribution < -0.4 is 10.4 Å². The van der Waals surface area contributed by atoms with Gasteiger partial charge in [-0.1, -0.05) is 29.8 Å². The molecule has 3 aromatic rings. The van der Waals surface area contributed by atoms with Gasteiger partial charge in [-0.3, -0.25) is 9.59 Å². The van der Waals surface area contributed by atoms with E-state index in [4.69, 9.17) is 11.6 Å². The molecule has 1 amide bonds. The lowest BCUT2D eigenvalue weighted by Crippen LogP contribution is -2.27. The Morgan fingerprint density at radius 2 is 2.08 bits per heavy atom. The van der Waals surface area contributed by atoms with Crippen molar-refractivity contribution < 1.29 is 4.79 Å². The number of thiazole rings is 1. The van der Waals surface area contributed by atoms with Gasteiger partial charge < -0.3 is 4.57 Å². The molecular formula is C17H15ClN4O2S. The Kier molecular flexibility index (Phi) is 5.25. The Labute approximate surface area is 152 Å². The minimum absolute atomic E-state index is 0.190. The Morgan fingerprint density at radius 3 is 2.88 bits per heavy atom. The molecule has 0 unspecified atom stereocenters. The monoisotopic (exact) mass is 374 g/mol. The number of amides is 1. The van der Waals surface area contributed by atoms with Crippen molar-refractivity contribution in [2.75, 3.05) is 0 Å². The molecule has 3 rings (SSSR count). The molecule has 0 saturated heterocycles. The zero-order chi connectivity index (χ0) is 17.8. The molecule has 0 atom stereocenters. The van der Waals surface area contributed by atoms with Crippen molar-refractivity contribution in [3.63, 3.8) is 0 Å². The summed E-state index contributed by atoms with van der Waals surface area (Å²) in [6.45, 7) is 2.08. The predicted octanol–water partition coefficient (Wildman–Crippen LogP) is 2.24. The van der Waals surface area contributed by atoms with E-state index in [0.717, 1.165) is 10.2 Å². The van der Waals surface area contributed by atoms with Crippen LogP contribution in [-0.2, 0) is 17.9 Å². The second-order valence-corrected chi connectivity index (χ2v) is 6.66. The van der Waals surface area contributed by atoms with E-state index in [9.17, 15) is 9.59 Å². The number of aryl methyl sites for hydroxylation is 1. The van der Waals surface area contributed by atoms with Crippen molar-refractivity contribution in [1.82, 2.24) is 14.3 Å². The second kappa shape index (κ2) is 7.58. The first kappa shape index (κ1) is 17.3. The van der Waals surface area contributed by atoms with Crippen LogP contribution in [0.2, 0.25) is 5.02 Å². The van der Waals surface area contributed by atoms with E-state index in [-0.39, 0.29) is 12.1 Å². The molecule has 0 spiro atoms. The fourth-order valence-corrected chi connectivity index (χ4v) is 3.19. The van der Waals surface area contributed by atoms with E-state index in [1.54, 1.807) is 13.0 Å². The highest BCUT2D eigenvalue weighted by Gasteiger charge is 2.07. The highest BCUT2D eigenvalue weighted by Crippen LogP contribution is 2.15. The average molecular weight is 375 g/mol. The van der Waals surface area contributed by atoms with Crippen molar-refractivity contribution in [2.45, 2.75) is 20.0 Å². The molecule has 2 heterocycles. The van der Waals surface area contributed by atoms with E-state index in [2.05, 4.69) is 10.1 Å². The summed E-state index contributed by atoms with van der Waals surface area (Å²) in [6, 6.07) is 10.5. The number of nitrogens with zero attached hydrogens (tertiary/aromatic N) is 4. The molecule has 25 heavy (non-hydrogen) atoms. The molecule has 0 N–H and O–H groups in total. The van der Waals surface area contributed by atoms with Crippen LogP contribution in [-0.4, -0.2) is 20.3 Å². The highest BCUT2D eigenvalue weighted by molar-refractivity contribution is 7.07. The van der Waals surface area contributed by atoms with Gasteiger partial charge in [0.25, 0.3) is 11.5 Å². The van der Waals surface area contributed by atoms with Crippen LogP contribution in [0.25, 0.3) is 0 Å². The van der Waals surface area contributed by atoms with Gasteiger partial charge in [-0.2, -0.15) is 10.1 Å². The van der Waals surface area contributed by atoms with Gasteiger partial charge in [-0.15, -0.1) is 11.3 Å². The molecule has 0 fully saturated rings. The van der Waals surface area contributed by atoms with Gasteiger partial charge in [-0.25, -0.2) is 4.68 Å². The third-order valence-corrected chi connectivity index (χ3v) is 4.63. The van der Waals surface area contributed by atoms with Crippen molar-refractivity contribution in [2.24, 2.45) is 4.99 Å². The molecule has 0 aliphatic heterocycles. The number of carbonyl (C=O) groups is 1. The Bertz CT molecular complexity index is 1040. The lowest BCUT2D eigenvalue weighted by Gasteiger charge is -2.05. The van der Waals surface area contributed by atoms with Crippen LogP contribution in [0.5, 0.6) is 0 Å². The molecule has 0 bridgehead atoms. The van der Waals surface area contributed by atoms with Crippen molar-refractivity contribution in [3.05, 3.63) is 79.4 Å². The van der Waals surface area contributed by atoms with Gasteiger partial charge in [0.2, 0.25) is 0 Å². The molecule has 0 aliphatic carbocycles. The van der Waals surface area contributed by atoms with Crippen LogP contribution in [0.1, 0.15) is 11.3 Å². The average Bonchev–Trinajstić information content (AvgIpc) is 3.00. The normalized spacial score (nSPS) is 11.7. The molecule has 0 radical (unpaired) electrons. The second-order valence-electron chi connectivity index (χ2n) is 5.38. The maximum atomic E-state index is 12.2. The first-order valence-corrected chi connectivity index (χ1v) is 8.78. The molecule has 1 aromatic carbocycles. The molecule has 8 heteroatoms. The van der Waals surface area contributed by atoms with Gasteiger partial charge in [0, 0.05) is 22.7 Å². The quantitative estimate of drug-likeness (QED) is 0.703. The number of halogens is 1. The van der Waals surface area contributed by atoms with E-state index in [1.807, 2.05) is 40.4 Å². The first-order chi connectivity index (χ1) is 12.0. The smallest absolute Gasteiger partial charge is 0.270 e. The molecule has 6 nitrogen and oxygen atoms in total. The summed E-state index contributed by atoms with van der Waals surface area (Å²) in [7, 11) is 0. The number of hydrogen-bond donors (Lipinski definition) is 0. The van der Waals surface area contributed by atoms with Crippen molar-refractivity contribution in [3.8, 4) is 0 Å². The van der Waals surface area contributed by atoms with Crippen LogP contribution in [0, 0.1) is 6.92 Å². The topological polar surface area (TPSA) is 69.2 Å². The number of hydrogen-bond acceptors (Lipinski definition) is 4. The molecule has 0 aliphatic rings. The number of carbonyl (C=O) groups excluding carboxylic acids is 1. The highest BCUT2D eigenvalue weighted by atomic mass is 35.5. The summed E-state index contributed by atoms with van der Waals surface area (Å²) < 4.78 is 2.96. The van der Waals surface area contributed by atoms with Crippen LogP contribution in [0.4, 0.5) is 0 Å². The Morgan fingerprint density at radius 1 is 1.28 bits per heavy atom. The third-order valence-electron chi connectivity index (χ3n) is 3.46. The van der Waals surface area contributed by atoms with E-state index >= 15 is 0 Å². The number of benzene rings is 1. The fourth-order valence-electron chi connectivity index (χ4n) is 2.25. The molecule has 128 valence electrons. The SMILES string of the molecule is Cc1ccc(=O)n(CC(=O)N=c2sccn2Cc2ccccc2Cl)n1. The molecule has 2 aromatic heterocycles. The first-order valence-electron chi connectivity index (χ1n) is 7.52. The van der Waals surface area contributed by atoms with Gasteiger partial charge in [0.15, 0.2) is 4.80 Å². The Balaban J connectivity index is 1.84. The van der Waals surface area contributed by atoms with Gasteiger partial charge >= 0.3 is 0 Å². The number of rotatable bonds is 4. The summed E-state index contributed by atoms with van der Waals surface area (Å²) in [5.74, 6) is -0.435. The Hall–Kier alpha value is -2.51. The zero-order valence-electron chi connectivity index (χ0n) is 13.4. The van der Waals surface area contributed by atoms with E-state index < -0.39 is 5.91 Å².